The molecule has 1 heterocycles. The van der Waals surface area contributed by atoms with E-state index >= 15 is 0 Å². The number of rotatable bonds is 3. The molecule has 1 aromatic carbocycles. The van der Waals surface area contributed by atoms with Gasteiger partial charge in [-0.25, -0.2) is 8.78 Å². The molecule has 1 fully saturated rings. The largest absolute Gasteiger partial charge is 0.312 e. The third kappa shape index (κ3) is 3.11. The Morgan fingerprint density at radius 2 is 2.00 bits per heavy atom. The molecule has 19 heavy (non-hydrogen) atoms. The molecule has 0 aromatic heterocycles. The van der Waals surface area contributed by atoms with Crippen LogP contribution >= 0.6 is 0 Å². The van der Waals surface area contributed by atoms with Crippen LogP contribution in [0.25, 0.3) is 0 Å². The Morgan fingerprint density at radius 3 is 2.63 bits per heavy atom. The van der Waals surface area contributed by atoms with E-state index in [0.717, 1.165) is 25.7 Å². The van der Waals surface area contributed by atoms with Crippen LogP contribution in [0.1, 0.15) is 11.6 Å². The van der Waals surface area contributed by atoms with E-state index in [9.17, 15) is 8.78 Å². The lowest BCUT2D eigenvalue weighted by Crippen LogP contribution is -2.54. The maximum Gasteiger partial charge on any atom is 0.130 e. The van der Waals surface area contributed by atoms with Gasteiger partial charge in [0.05, 0.1) is 6.04 Å². The summed E-state index contributed by atoms with van der Waals surface area (Å²) in [6.07, 6.45) is 0. The zero-order valence-electron chi connectivity index (χ0n) is 11.7. The van der Waals surface area contributed by atoms with Crippen molar-refractivity contribution >= 4 is 0 Å². The first-order chi connectivity index (χ1) is 9.02. The third-order valence-corrected chi connectivity index (χ3v) is 3.89. The summed E-state index contributed by atoms with van der Waals surface area (Å²) in [6.45, 7) is 2.82. The Hall–Kier alpha value is -1.04. The van der Waals surface area contributed by atoms with E-state index < -0.39 is 11.6 Å². The Kier molecular flexibility index (Phi) is 4.50. The van der Waals surface area contributed by atoms with E-state index in [0.29, 0.717) is 5.56 Å². The van der Waals surface area contributed by atoms with Crippen molar-refractivity contribution in [2.75, 3.05) is 40.8 Å². The second kappa shape index (κ2) is 5.94. The van der Waals surface area contributed by atoms with Crippen LogP contribution in [0, 0.1) is 11.6 Å². The van der Waals surface area contributed by atoms with Crippen molar-refractivity contribution in [1.82, 2.24) is 15.1 Å². The summed E-state index contributed by atoms with van der Waals surface area (Å²) in [7, 11) is 5.92. The van der Waals surface area contributed by atoms with Gasteiger partial charge in [-0.05, 0) is 27.2 Å². The summed E-state index contributed by atoms with van der Waals surface area (Å²) < 4.78 is 27.0. The molecule has 0 bridgehead atoms. The van der Waals surface area contributed by atoms with Gasteiger partial charge in [0.1, 0.15) is 11.6 Å². The SMILES string of the molecule is CNC(c1ccc(F)cc1F)C1CN(C)CCN1C. The Labute approximate surface area is 113 Å². The number of hydrogen-bond acceptors (Lipinski definition) is 3. The summed E-state index contributed by atoms with van der Waals surface area (Å²) in [5.74, 6) is -1.02. The highest BCUT2D eigenvalue weighted by molar-refractivity contribution is 5.24. The molecule has 3 nitrogen and oxygen atoms in total. The fourth-order valence-corrected chi connectivity index (χ4v) is 2.71. The summed E-state index contributed by atoms with van der Waals surface area (Å²) >= 11 is 0. The third-order valence-electron chi connectivity index (χ3n) is 3.89. The van der Waals surface area contributed by atoms with E-state index in [1.165, 1.54) is 12.1 Å². The van der Waals surface area contributed by atoms with Crippen LogP contribution in [-0.4, -0.2) is 56.6 Å². The van der Waals surface area contributed by atoms with Crippen LogP contribution < -0.4 is 5.32 Å². The molecule has 0 saturated carbocycles. The van der Waals surface area contributed by atoms with E-state index in [1.54, 1.807) is 0 Å². The van der Waals surface area contributed by atoms with Gasteiger partial charge < -0.3 is 10.2 Å². The van der Waals surface area contributed by atoms with Gasteiger partial charge in [-0.15, -0.1) is 0 Å². The molecule has 1 aliphatic heterocycles. The van der Waals surface area contributed by atoms with Crippen molar-refractivity contribution in [2.45, 2.75) is 12.1 Å². The first-order valence-corrected chi connectivity index (χ1v) is 6.54. The van der Waals surface area contributed by atoms with Crippen molar-refractivity contribution in [1.29, 1.82) is 0 Å². The average Bonchev–Trinajstić information content (AvgIpc) is 2.36. The zero-order chi connectivity index (χ0) is 14.0. The van der Waals surface area contributed by atoms with Crippen molar-refractivity contribution in [3.63, 3.8) is 0 Å². The maximum absolute atomic E-state index is 14.0. The molecule has 5 heteroatoms. The topological polar surface area (TPSA) is 18.5 Å². The second-order valence-corrected chi connectivity index (χ2v) is 5.24. The normalized spacial score (nSPS) is 23.5. The van der Waals surface area contributed by atoms with Gasteiger partial charge in [0.2, 0.25) is 0 Å². The highest BCUT2D eigenvalue weighted by Crippen LogP contribution is 2.25. The van der Waals surface area contributed by atoms with Crippen LogP contribution in [0.4, 0.5) is 8.78 Å². The molecule has 1 saturated heterocycles. The molecule has 2 unspecified atom stereocenters. The van der Waals surface area contributed by atoms with Crippen molar-refractivity contribution < 1.29 is 8.78 Å². The van der Waals surface area contributed by atoms with Gasteiger partial charge in [-0.1, -0.05) is 6.07 Å². The van der Waals surface area contributed by atoms with Gasteiger partial charge in [0.15, 0.2) is 0 Å². The van der Waals surface area contributed by atoms with Crippen molar-refractivity contribution in [3.05, 3.63) is 35.4 Å². The Balaban J connectivity index is 2.27. The highest BCUT2D eigenvalue weighted by Gasteiger charge is 2.31. The lowest BCUT2D eigenvalue weighted by Gasteiger charge is -2.42. The van der Waals surface area contributed by atoms with Crippen LogP contribution in [-0.2, 0) is 0 Å². The Bertz CT molecular complexity index is 439. The maximum atomic E-state index is 14.0. The molecule has 1 aliphatic rings. The first-order valence-electron chi connectivity index (χ1n) is 6.54. The summed E-state index contributed by atoms with van der Waals surface area (Å²) in [4.78, 5) is 4.46. The molecular weight excluding hydrogens is 248 g/mol. The lowest BCUT2D eigenvalue weighted by molar-refractivity contribution is 0.0887. The number of halogens is 2. The standard InChI is InChI=1S/C14H21F2N3/c1-17-14(11-5-4-10(15)8-12(11)16)13-9-18(2)6-7-19(13)3/h4-5,8,13-14,17H,6-7,9H2,1-3H3. The summed E-state index contributed by atoms with van der Waals surface area (Å²) in [6, 6.07) is 3.83. The highest BCUT2D eigenvalue weighted by atomic mass is 19.1. The molecule has 0 amide bonds. The molecule has 1 aromatic rings. The van der Waals surface area contributed by atoms with Crippen molar-refractivity contribution in [2.24, 2.45) is 0 Å². The van der Waals surface area contributed by atoms with Gasteiger partial charge in [0, 0.05) is 37.3 Å². The molecular formula is C14H21F2N3. The molecule has 0 radical (unpaired) electrons. The molecule has 0 aliphatic carbocycles. The minimum Gasteiger partial charge on any atom is -0.312 e. The van der Waals surface area contributed by atoms with Crippen LogP contribution in [0.15, 0.2) is 18.2 Å². The van der Waals surface area contributed by atoms with E-state index in [4.69, 9.17) is 0 Å². The summed E-state index contributed by atoms with van der Waals surface area (Å²) in [5, 5.41) is 3.17. The fourth-order valence-electron chi connectivity index (χ4n) is 2.71. The second-order valence-electron chi connectivity index (χ2n) is 5.24. The number of hydrogen-bond donors (Lipinski definition) is 1. The minimum absolute atomic E-state index is 0.145. The lowest BCUT2D eigenvalue weighted by atomic mass is 9.96. The Morgan fingerprint density at radius 1 is 1.26 bits per heavy atom. The van der Waals surface area contributed by atoms with Crippen molar-refractivity contribution in [3.8, 4) is 0 Å². The molecule has 1 N–H and O–H groups in total. The van der Waals surface area contributed by atoms with Crippen LogP contribution in [0.3, 0.4) is 0 Å². The van der Waals surface area contributed by atoms with Gasteiger partial charge in [0.25, 0.3) is 0 Å². The number of benzene rings is 1. The monoisotopic (exact) mass is 269 g/mol. The molecule has 2 rings (SSSR count). The number of nitrogens with one attached hydrogen (secondary N) is 1. The molecule has 106 valence electrons. The number of piperazine rings is 1. The molecule has 0 spiro atoms. The number of likely N-dealkylation sites (N-methyl/N-ethyl adjacent to an activating group) is 3. The van der Waals surface area contributed by atoms with Crippen LogP contribution in [0.2, 0.25) is 0 Å². The summed E-state index contributed by atoms with van der Waals surface area (Å²) in [5.41, 5.74) is 0.524. The van der Waals surface area contributed by atoms with Gasteiger partial charge in [-0.3, -0.25) is 4.90 Å². The average molecular weight is 269 g/mol. The van der Waals surface area contributed by atoms with E-state index in [-0.39, 0.29) is 12.1 Å². The van der Waals surface area contributed by atoms with E-state index in [2.05, 4.69) is 22.2 Å². The fraction of sp³-hybridized carbons (Fsp3) is 0.571. The first kappa shape index (κ1) is 14.4. The quantitative estimate of drug-likeness (QED) is 0.896. The smallest absolute Gasteiger partial charge is 0.130 e. The number of nitrogens with zero attached hydrogens (tertiary/aromatic N) is 2. The minimum atomic E-state index is -0.537. The predicted molar refractivity (Wildman–Crippen MR) is 72.1 cm³/mol. The van der Waals surface area contributed by atoms with E-state index in [1.807, 2.05) is 14.1 Å². The van der Waals surface area contributed by atoms with Crippen LogP contribution in [0.5, 0.6) is 0 Å². The van der Waals surface area contributed by atoms with Gasteiger partial charge in [-0.2, -0.15) is 0 Å². The zero-order valence-corrected chi connectivity index (χ0v) is 11.7. The van der Waals surface area contributed by atoms with Gasteiger partial charge >= 0.3 is 0 Å². The molecule has 2 atom stereocenters. The predicted octanol–water partition coefficient (Wildman–Crippen LogP) is 1.47.